The molecular weight excluding hydrogens is 242 g/mol. The molecule has 3 N–H and O–H groups in total. The van der Waals surface area contributed by atoms with E-state index in [9.17, 15) is 13.2 Å². The largest absolute Gasteiger partial charge is 0.356 e. The molecule has 6 nitrogen and oxygen atoms in total. The van der Waals surface area contributed by atoms with Gasteiger partial charge in [0.25, 0.3) is 0 Å². The van der Waals surface area contributed by atoms with Crippen LogP contribution < -0.4 is 15.4 Å². The number of hydrogen-bond acceptors (Lipinski definition) is 4. The van der Waals surface area contributed by atoms with Crippen molar-refractivity contribution in [3.63, 3.8) is 0 Å². The molecule has 0 saturated carbocycles. The van der Waals surface area contributed by atoms with Gasteiger partial charge in [-0.1, -0.05) is 6.92 Å². The van der Waals surface area contributed by atoms with Gasteiger partial charge in [-0.15, -0.1) is 0 Å². The highest BCUT2D eigenvalue weighted by molar-refractivity contribution is 7.88. The highest BCUT2D eigenvalue weighted by Gasteiger charge is 2.06. The van der Waals surface area contributed by atoms with Crippen LogP contribution in [0.25, 0.3) is 0 Å². The number of sulfonamides is 1. The van der Waals surface area contributed by atoms with Crippen molar-refractivity contribution in [2.24, 2.45) is 0 Å². The van der Waals surface area contributed by atoms with E-state index in [1.807, 2.05) is 13.8 Å². The summed E-state index contributed by atoms with van der Waals surface area (Å²) < 4.78 is 23.8. The first-order valence-electron chi connectivity index (χ1n) is 5.80. The normalized spacial score (nSPS) is 13.4. The van der Waals surface area contributed by atoms with Crippen molar-refractivity contribution in [1.29, 1.82) is 0 Å². The summed E-state index contributed by atoms with van der Waals surface area (Å²) >= 11 is 0. The van der Waals surface area contributed by atoms with Crippen LogP contribution in [0.4, 0.5) is 0 Å². The Morgan fingerprint density at radius 1 is 1.29 bits per heavy atom. The molecule has 102 valence electrons. The summed E-state index contributed by atoms with van der Waals surface area (Å²) in [5.74, 6) is -0.0159. The molecule has 0 bridgehead atoms. The van der Waals surface area contributed by atoms with E-state index in [0.29, 0.717) is 25.9 Å². The second-order valence-electron chi connectivity index (χ2n) is 4.03. The number of carbonyl (C=O) groups excluding carboxylic acids is 1. The molecule has 0 aliphatic carbocycles. The van der Waals surface area contributed by atoms with Crippen LogP contribution in [0.15, 0.2) is 0 Å². The highest BCUT2D eigenvalue weighted by Crippen LogP contribution is 1.90. The Hall–Kier alpha value is -0.660. The first-order valence-corrected chi connectivity index (χ1v) is 7.69. The Balaban J connectivity index is 3.52. The van der Waals surface area contributed by atoms with E-state index in [1.54, 1.807) is 0 Å². The van der Waals surface area contributed by atoms with E-state index in [2.05, 4.69) is 15.4 Å². The highest BCUT2D eigenvalue weighted by atomic mass is 32.2. The fourth-order valence-electron chi connectivity index (χ4n) is 1.34. The first-order chi connectivity index (χ1) is 7.85. The van der Waals surface area contributed by atoms with Crippen molar-refractivity contribution in [3.8, 4) is 0 Å². The van der Waals surface area contributed by atoms with Crippen molar-refractivity contribution in [2.45, 2.75) is 32.7 Å². The van der Waals surface area contributed by atoms with Crippen LogP contribution in [0, 0.1) is 0 Å². The van der Waals surface area contributed by atoms with Gasteiger partial charge in [-0.2, -0.15) is 0 Å². The number of amides is 1. The number of carbonyl (C=O) groups is 1. The maximum atomic E-state index is 11.4. The topological polar surface area (TPSA) is 87.3 Å². The average molecular weight is 265 g/mol. The van der Waals surface area contributed by atoms with Gasteiger partial charge in [0, 0.05) is 25.6 Å². The minimum absolute atomic E-state index is 0.0159. The van der Waals surface area contributed by atoms with Crippen LogP contribution in [0.2, 0.25) is 0 Å². The SMILES string of the molecule is CCNC(C)CC(=O)NCCCNS(C)(=O)=O. The lowest BCUT2D eigenvalue weighted by Crippen LogP contribution is -2.35. The van der Waals surface area contributed by atoms with Crippen LogP contribution in [0.3, 0.4) is 0 Å². The Labute approximate surface area is 104 Å². The molecule has 0 spiro atoms. The fourth-order valence-corrected chi connectivity index (χ4v) is 1.86. The predicted octanol–water partition coefficient (Wildman–Crippen LogP) is -0.570. The summed E-state index contributed by atoms with van der Waals surface area (Å²) in [4.78, 5) is 11.4. The molecule has 0 radical (unpaired) electrons. The predicted molar refractivity (Wildman–Crippen MR) is 68.2 cm³/mol. The minimum Gasteiger partial charge on any atom is -0.356 e. The van der Waals surface area contributed by atoms with Crippen molar-refractivity contribution in [2.75, 3.05) is 25.9 Å². The first kappa shape index (κ1) is 16.3. The van der Waals surface area contributed by atoms with Gasteiger partial charge in [-0.25, -0.2) is 13.1 Å². The molecule has 17 heavy (non-hydrogen) atoms. The van der Waals surface area contributed by atoms with E-state index >= 15 is 0 Å². The van der Waals surface area contributed by atoms with Gasteiger partial charge in [0.15, 0.2) is 0 Å². The third kappa shape index (κ3) is 11.6. The lowest BCUT2D eigenvalue weighted by Gasteiger charge is -2.12. The second-order valence-corrected chi connectivity index (χ2v) is 5.87. The Kier molecular flexibility index (Phi) is 8.11. The van der Waals surface area contributed by atoms with E-state index in [4.69, 9.17) is 0 Å². The third-order valence-corrected chi connectivity index (χ3v) is 2.81. The summed E-state index contributed by atoms with van der Waals surface area (Å²) in [6, 6.07) is 0.161. The molecule has 0 aromatic rings. The Morgan fingerprint density at radius 3 is 2.47 bits per heavy atom. The lowest BCUT2D eigenvalue weighted by molar-refractivity contribution is -0.121. The molecule has 1 amide bonds. The molecule has 0 aromatic carbocycles. The van der Waals surface area contributed by atoms with Crippen LogP contribution >= 0.6 is 0 Å². The number of nitrogens with one attached hydrogen (secondary N) is 3. The quantitative estimate of drug-likeness (QED) is 0.487. The minimum atomic E-state index is -3.12. The number of rotatable bonds is 9. The van der Waals surface area contributed by atoms with Crippen molar-refractivity contribution < 1.29 is 13.2 Å². The van der Waals surface area contributed by atoms with Gasteiger partial charge in [-0.05, 0) is 19.9 Å². The maximum absolute atomic E-state index is 11.4. The number of hydrogen-bond donors (Lipinski definition) is 3. The van der Waals surface area contributed by atoms with Crippen molar-refractivity contribution in [3.05, 3.63) is 0 Å². The smallest absolute Gasteiger partial charge is 0.221 e. The summed E-state index contributed by atoms with van der Waals surface area (Å²) in [7, 11) is -3.12. The molecule has 0 aliphatic rings. The zero-order valence-corrected chi connectivity index (χ0v) is 11.6. The molecule has 1 atom stereocenters. The summed E-state index contributed by atoms with van der Waals surface area (Å²) in [5, 5.41) is 5.89. The van der Waals surface area contributed by atoms with E-state index in [0.717, 1.165) is 12.8 Å². The monoisotopic (exact) mass is 265 g/mol. The van der Waals surface area contributed by atoms with Gasteiger partial charge in [0.05, 0.1) is 6.26 Å². The third-order valence-electron chi connectivity index (χ3n) is 2.08. The van der Waals surface area contributed by atoms with Crippen LogP contribution in [0.1, 0.15) is 26.7 Å². The molecule has 0 fully saturated rings. The zero-order chi connectivity index (χ0) is 13.3. The molecule has 0 aromatic heterocycles. The molecule has 7 heteroatoms. The molecule has 0 rings (SSSR count). The Morgan fingerprint density at radius 2 is 1.94 bits per heavy atom. The van der Waals surface area contributed by atoms with E-state index < -0.39 is 10.0 Å². The standard InChI is InChI=1S/C10H23N3O3S/c1-4-11-9(2)8-10(14)12-6-5-7-13-17(3,15)16/h9,11,13H,4-8H2,1-3H3,(H,12,14). The maximum Gasteiger partial charge on any atom is 0.221 e. The summed E-state index contributed by atoms with van der Waals surface area (Å²) in [6.45, 7) is 5.62. The average Bonchev–Trinajstić information content (AvgIpc) is 2.15. The van der Waals surface area contributed by atoms with Crippen LogP contribution in [0.5, 0.6) is 0 Å². The van der Waals surface area contributed by atoms with E-state index in [1.165, 1.54) is 0 Å². The summed E-state index contributed by atoms with van der Waals surface area (Å²) in [6.07, 6.45) is 2.14. The van der Waals surface area contributed by atoms with Gasteiger partial charge < -0.3 is 10.6 Å². The zero-order valence-electron chi connectivity index (χ0n) is 10.7. The lowest BCUT2D eigenvalue weighted by atomic mass is 10.2. The van der Waals surface area contributed by atoms with Crippen molar-refractivity contribution in [1.82, 2.24) is 15.4 Å². The molecule has 0 aliphatic heterocycles. The van der Waals surface area contributed by atoms with Gasteiger partial charge in [-0.3, -0.25) is 4.79 Å². The second kappa shape index (κ2) is 8.43. The van der Waals surface area contributed by atoms with Crippen LogP contribution in [-0.2, 0) is 14.8 Å². The molecule has 1 unspecified atom stereocenters. The van der Waals surface area contributed by atoms with E-state index in [-0.39, 0.29) is 11.9 Å². The summed E-state index contributed by atoms with van der Waals surface area (Å²) in [5.41, 5.74) is 0. The molecular formula is C10H23N3O3S. The van der Waals surface area contributed by atoms with Crippen molar-refractivity contribution >= 4 is 15.9 Å². The Bertz CT molecular complexity index is 317. The van der Waals surface area contributed by atoms with Gasteiger partial charge >= 0.3 is 0 Å². The fraction of sp³-hybridized carbons (Fsp3) is 0.900. The van der Waals surface area contributed by atoms with Gasteiger partial charge in [0.2, 0.25) is 15.9 Å². The molecule has 0 saturated heterocycles. The molecule has 0 heterocycles. The van der Waals surface area contributed by atoms with Gasteiger partial charge in [0.1, 0.15) is 0 Å². The van der Waals surface area contributed by atoms with Crippen LogP contribution in [-0.4, -0.2) is 46.3 Å².